The number of anilines is 2. The second-order valence-electron chi connectivity index (χ2n) is 7.02. The number of benzene rings is 3. The van der Waals surface area contributed by atoms with Gasteiger partial charge in [0.05, 0.1) is 15.5 Å². The Labute approximate surface area is 199 Å². The third-order valence-electron chi connectivity index (χ3n) is 4.63. The van der Waals surface area contributed by atoms with Gasteiger partial charge in [-0.15, -0.1) is 0 Å². The predicted octanol–water partition coefficient (Wildman–Crippen LogP) is 4.49. The van der Waals surface area contributed by atoms with Crippen molar-refractivity contribution >= 4 is 44.6 Å². The maximum atomic E-state index is 12.7. The Bertz CT molecular complexity index is 1490. The highest BCUT2D eigenvalue weighted by molar-refractivity contribution is 7.92. The number of rotatable bonds is 7. The van der Waals surface area contributed by atoms with Gasteiger partial charge in [0, 0.05) is 34.7 Å². The van der Waals surface area contributed by atoms with Gasteiger partial charge in [-0.3, -0.25) is 19.6 Å². The summed E-state index contributed by atoms with van der Waals surface area (Å²) in [6.07, 6.45) is 1.49. The quantitative estimate of drug-likeness (QED) is 0.285. The zero-order chi connectivity index (χ0) is 24.3. The molecule has 0 fully saturated rings. The van der Waals surface area contributed by atoms with Gasteiger partial charge in [-0.2, -0.15) is 5.10 Å². The molecular formula is C22H16ClN5O5S. The van der Waals surface area contributed by atoms with Crippen molar-refractivity contribution in [3.05, 3.63) is 106 Å². The summed E-state index contributed by atoms with van der Waals surface area (Å²) in [6, 6.07) is 19.2. The van der Waals surface area contributed by atoms with Crippen LogP contribution in [0, 0.1) is 10.1 Å². The molecule has 4 rings (SSSR count). The van der Waals surface area contributed by atoms with E-state index in [2.05, 4.69) is 15.1 Å². The van der Waals surface area contributed by atoms with Gasteiger partial charge in [-0.05, 0) is 54.6 Å². The average molecular weight is 498 g/mol. The zero-order valence-corrected chi connectivity index (χ0v) is 18.8. The Morgan fingerprint density at radius 3 is 2.44 bits per heavy atom. The van der Waals surface area contributed by atoms with Gasteiger partial charge >= 0.3 is 0 Å². The molecule has 10 nitrogen and oxygen atoms in total. The Kier molecular flexibility index (Phi) is 6.30. The molecule has 4 aromatic rings. The Balaban J connectivity index is 1.50. The van der Waals surface area contributed by atoms with Crippen molar-refractivity contribution in [1.82, 2.24) is 9.78 Å². The molecule has 0 spiro atoms. The van der Waals surface area contributed by atoms with Crippen LogP contribution in [0.15, 0.2) is 90.0 Å². The highest BCUT2D eigenvalue weighted by atomic mass is 35.5. The van der Waals surface area contributed by atoms with Gasteiger partial charge < -0.3 is 5.32 Å². The van der Waals surface area contributed by atoms with Gasteiger partial charge in [-0.25, -0.2) is 13.1 Å². The van der Waals surface area contributed by atoms with E-state index < -0.39 is 20.9 Å². The van der Waals surface area contributed by atoms with Crippen LogP contribution in [0.2, 0.25) is 5.02 Å². The van der Waals surface area contributed by atoms with E-state index in [1.165, 1.54) is 71.5 Å². The first-order valence-electron chi connectivity index (χ1n) is 9.71. The van der Waals surface area contributed by atoms with E-state index in [4.69, 9.17) is 11.6 Å². The van der Waals surface area contributed by atoms with Crippen LogP contribution >= 0.6 is 11.6 Å². The normalized spacial score (nSPS) is 11.1. The number of amides is 1. The van der Waals surface area contributed by atoms with Crippen LogP contribution in [0.4, 0.5) is 17.1 Å². The number of aromatic nitrogens is 2. The average Bonchev–Trinajstić information content (AvgIpc) is 3.31. The highest BCUT2D eigenvalue weighted by Crippen LogP contribution is 2.21. The van der Waals surface area contributed by atoms with Crippen molar-refractivity contribution in [2.75, 3.05) is 10.0 Å². The van der Waals surface area contributed by atoms with Crippen LogP contribution in [0.3, 0.4) is 0 Å². The number of halogens is 1. The number of hydrogen-bond acceptors (Lipinski definition) is 6. The number of nitrogens with one attached hydrogen (secondary N) is 2. The number of nitro benzene ring substituents is 1. The van der Waals surface area contributed by atoms with E-state index >= 15 is 0 Å². The van der Waals surface area contributed by atoms with Gasteiger partial charge in [0.1, 0.15) is 0 Å². The standard InChI is InChI=1S/C22H16ClN5O5S/c23-15-7-9-16(10-8-15)26-34(32,33)20-6-1-3-17(13-20)24-22(29)21-11-12-27(25-21)18-4-2-5-19(14-18)28(30)31/h1-14,26H,(H,24,29). The van der Waals surface area contributed by atoms with Crippen molar-refractivity contribution in [3.63, 3.8) is 0 Å². The van der Waals surface area contributed by atoms with Crippen molar-refractivity contribution in [2.45, 2.75) is 4.90 Å². The third-order valence-corrected chi connectivity index (χ3v) is 6.26. The Hall–Kier alpha value is -4.22. The zero-order valence-electron chi connectivity index (χ0n) is 17.3. The van der Waals surface area contributed by atoms with Crippen molar-refractivity contribution in [1.29, 1.82) is 0 Å². The van der Waals surface area contributed by atoms with E-state index in [1.807, 2.05) is 0 Å². The summed E-state index contributed by atoms with van der Waals surface area (Å²) in [5.41, 5.74) is 0.928. The number of carbonyl (C=O) groups is 1. The molecule has 0 radical (unpaired) electrons. The summed E-state index contributed by atoms with van der Waals surface area (Å²) >= 11 is 5.82. The van der Waals surface area contributed by atoms with Crippen LogP contribution in [-0.2, 0) is 10.0 Å². The van der Waals surface area contributed by atoms with Crippen molar-refractivity contribution in [2.24, 2.45) is 0 Å². The molecule has 2 N–H and O–H groups in total. The maximum absolute atomic E-state index is 12.7. The fourth-order valence-electron chi connectivity index (χ4n) is 3.01. The lowest BCUT2D eigenvalue weighted by Gasteiger charge is -2.10. The van der Waals surface area contributed by atoms with E-state index in [0.717, 1.165) is 0 Å². The second-order valence-corrected chi connectivity index (χ2v) is 9.14. The molecule has 0 aliphatic heterocycles. The smallest absolute Gasteiger partial charge is 0.276 e. The first-order valence-corrected chi connectivity index (χ1v) is 11.6. The largest absolute Gasteiger partial charge is 0.321 e. The van der Waals surface area contributed by atoms with E-state index in [1.54, 1.807) is 18.2 Å². The highest BCUT2D eigenvalue weighted by Gasteiger charge is 2.17. The Morgan fingerprint density at radius 1 is 0.971 bits per heavy atom. The van der Waals surface area contributed by atoms with E-state index in [-0.39, 0.29) is 22.0 Å². The molecule has 172 valence electrons. The third kappa shape index (κ3) is 5.22. The minimum Gasteiger partial charge on any atom is -0.321 e. The molecule has 1 heterocycles. The number of nitro groups is 1. The summed E-state index contributed by atoms with van der Waals surface area (Å²) in [6.45, 7) is 0. The number of carbonyl (C=O) groups excluding carboxylic acids is 1. The molecule has 0 aliphatic carbocycles. The summed E-state index contributed by atoms with van der Waals surface area (Å²) in [5.74, 6) is -0.579. The van der Waals surface area contributed by atoms with Crippen molar-refractivity contribution in [3.8, 4) is 5.69 Å². The van der Waals surface area contributed by atoms with E-state index in [0.29, 0.717) is 16.4 Å². The molecule has 0 aliphatic rings. The topological polar surface area (TPSA) is 136 Å². The van der Waals surface area contributed by atoms with Gasteiger partial charge in [0.25, 0.3) is 21.6 Å². The fourth-order valence-corrected chi connectivity index (χ4v) is 4.24. The minimum absolute atomic E-state index is 0.0408. The summed E-state index contributed by atoms with van der Waals surface area (Å²) in [7, 11) is -3.91. The SMILES string of the molecule is O=C(Nc1cccc(S(=O)(=O)Nc2ccc(Cl)cc2)c1)c1ccn(-c2cccc([N+](=O)[O-])c2)n1. The second kappa shape index (κ2) is 9.33. The lowest BCUT2D eigenvalue weighted by molar-refractivity contribution is -0.384. The van der Waals surface area contributed by atoms with Gasteiger partial charge in [0.2, 0.25) is 0 Å². The lowest BCUT2D eigenvalue weighted by atomic mass is 10.3. The Morgan fingerprint density at radius 2 is 1.71 bits per heavy atom. The summed E-state index contributed by atoms with van der Waals surface area (Å²) in [5, 5.41) is 18.2. The van der Waals surface area contributed by atoms with Crippen LogP contribution < -0.4 is 10.0 Å². The van der Waals surface area contributed by atoms with Gasteiger partial charge in [-0.1, -0.05) is 23.7 Å². The number of hydrogen-bond donors (Lipinski definition) is 2. The number of sulfonamides is 1. The molecular weight excluding hydrogens is 482 g/mol. The molecule has 3 aromatic carbocycles. The van der Waals surface area contributed by atoms with Crippen LogP contribution in [0.1, 0.15) is 10.5 Å². The first kappa shape index (κ1) is 23.0. The number of non-ortho nitro benzene ring substituents is 1. The van der Waals surface area contributed by atoms with Gasteiger partial charge in [0.15, 0.2) is 5.69 Å². The van der Waals surface area contributed by atoms with Crippen LogP contribution in [0.25, 0.3) is 5.69 Å². The summed E-state index contributed by atoms with van der Waals surface area (Å²) in [4.78, 5) is 23.0. The molecule has 12 heteroatoms. The first-order chi connectivity index (χ1) is 16.2. The fraction of sp³-hybridized carbons (Fsp3) is 0. The molecule has 0 saturated heterocycles. The van der Waals surface area contributed by atoms with Crippen molar-refractivity contribution < 1.29 is 18.1 Å². The molecule has 0 unspecified atom stereocenters. The van der Waals surface area contributed by atoms with Crippen LogP contribution in [0.5, 0.6) is 0 Å². The minimum atomic E-state index is -3.91. The molecule has 1 aromatic heterocycles. The lowest BCUT2D eigenvalue weighted by Crippen LogP contribution is -2.15. The molecule has 34 heavy (non-hydrogen) atoms. The molecule has 0 saturated carbocycles. The molecule has 0 atom stereocenters. The summed E-state index contributed by atoms with van der Waals surface area (Å²) < 4.78 is 29.2. The maximum Gasteiger partial charge on any atom is 0.276 e. The molecule has 0 bridgehead atoms. The molecule has 1 amide bonds. The van der Waals surface area contributed by atoms with Crippen LogP contribution in [-0.4, -0.2) is 29.0 Å². The predicted molar refractivity (Wildman–Crippen MR) is 127 cm³/mol. The van der Waals surface area contributed by atoms with E-state index in [9.17, 15) is 23.3 Å². The number of nitrogens with zero attached hydrogens (tertiary/aromatic N) is 3. The monoisotopic (exact) mass is 497 g/mol.